The number of likely N-dealkylation sites (N-methyl/N-ethyl adjacent to an activating group) is 1. The van der Waals surface area contributed by atoms with Gasteiger partial charge in [0.25, 0.3) is 11.1 Å². The van der Waals surface area contributed by atoms with Crippen molar-refractivity contribution < 1.29 is 14.4 Å². The molecule has 2 heterocycles. The zero-order valence-corrected chi connectivity index (χ0v) is 21.2. The zero-order chi connectivity index (χ0) is 23.9. The van der Waals surface area contributed by atoms with Crippen LogP contribution in [0.4, 0.5) is 16.2 Å². The highest BCUT2D eigenvalue weighted by molar-refractivity contribution is 9.10. The summed E-state index contributed by atoms with van der Waals surface area (Å²) in [6.07, 6.45) is 3.93. The number of hydrogen-bond donors (Lipinski definition) is 1. The largest absolute Gasteiger partial charge is 0.366 e. The SMILES string of the molecule is CC1=CC(C)(C)N(C)c2ccc(/C=C3/SC(=O)N(CC(=O)Nc4ccc(Br)cc4)C3=O)cc21. The first-order valence-corrected chi connectivity index (χ1v) is 12.0. The molecule has 1 saturated heterocycles. The molecule has 2 aliphatic heterocycles. The predicted molar refractivity (Wildman–Crippen MR) is 138 cm³/mol. The minimum Gasteiger partial charge on any atom is -0.366 e. The Morgan fingerprint density at radius 3 is 2.55 bits per heavy atom. The second-order valence-electron chi connectivity index (χ2n) is 8.64. The molecule has 2 aliphatic rings. The Labute approximate surface area is 205 Å². The molecule has 0 aliphatic carbocycles. The lowest BCUT2D eigenvalue weighted by Gasteiger charge is -2.40. The number of nitrogens with one attached hydrogen (secondary N) is 1. The van der Waals surface area contributed by atoms with E-state index in [4.69, 9.17) is 0 Å². The molecule has 4 rings (SSSR count). The molecule has 6 nitrogen and oxygen atoms in total. The lowest BCUT2D eigenvalue weighted by Crippen LogP contribution is -2.42. The number of allylic oxidation sites excluding steroid dienone is 1. The van der Waals surface area contributed by atoms with E-state index in [1.807, 2.05) is 18.2 Å². The molecule has 170 valence electrons. The average molecular weight is 526 g/mol. The fourth-order valence-electron chi connectivity index (χ4n) is 3.93. The minimum absolute atomic E-state index is 0.0852. The van der Waals surface area contributed by atoms with Crippen molar-refractivity contribution in [2.75, 3.05) is 23.8 Å². The van der Waals surface area contributed by atoms with Crippen LogP contribution in [0.1, 0.15) is 31.9 Å². The summed E-state index contributed by atoms with van der Waals surface area (Å²) in [6.45, 7) is 6.08. The van der Waals surface area contributed by atoms with Gasteiger partial charge in [-0.3, -0.25) is 19.3 Å². The van der Waals surface area contributed by atoms with Gasteiger partial charge in [-0.05, 0) is 86.1 Å². The lowest BCUT2D eigenvalue weighted by molar-refractivity contribution is -0.127. The molecular formula is C25H24BrN3O3S. The Hall–Kier alpha value is -2.84. The molecule has 1 fully saturated rings. The second kappa shape index (κ2) is 8.83. The maximum absolute atomic E-state index is 12.9. The van der Waals surface area contributed by atoms with E-state index in [9.17, 15) is 14.4 Å². The molecule has 0 radical (unpaired) electrons. The standard InChI is InChI=1S/C25H24BrN3O3S/c1-15-13-25(2,3)28(4)20-10-5-16(11-19(15)20)12-21-23(31)29(24(32)33-21)14-22(30)27-18-8-6-17(26)7-9-18/h5-13H,14H2,1-4H3,(H,27,30)/b21-12+. The van der Waals surface area contributed by atoms with Crippen LogP contribution in [0.2, 0.25) is 0 Å². The van der Waals surface area contributed by atoms with E-state index in [0.29, 0.717) is 10.6 Å². The van der Waals surface area contributed by atoms with Gasteiger partial charge in [0, 0.05) is 28.5 Å². The van der Waals surface area contributed by atoms with Gasteiger partial charge in [-0.1, -0.05) is 28.1 Å². The number of amides is 3. The Kier molecular flexibility index (Phi) is 6.24. The summed E-state index contributed by atoms with van der Waals surface area (Å²) in [5, 5.41) is 2.25. The predicted octanol–water partition coefficient (Wildman–Crippen LogP) is 5.76. The number of anilines is 2. The minimum atomic E-state index is -0.459. The van der Waals surface area contributed by atoms with Crippen molar-refractivity contribution in [1.82, 2.24) is 4.90 Å². The highest BCUT2D eigenvalue weighted by atomic mass is 79.9. The van der Waals surface area contributed by atoms with Crippen LogP contribution in [0, 0.1) is 0 Å². The molecular weight excluding hydrogens is 502 g/mol. The fraction of sp³-hybridized carbons (Fsp3) is 0.240. The molecule has 1 N–H and O–H groups in total. The number of nitrogens with zero attached hydrogens (tertiary/aromatic N) is 2. The van der Waals surface area contributed by atoms with Crippen LogP contribution in [0.25, 0.3) is 11.6 Å². The monoisotopic (exact) mass is 525 g/mol. The van der Waals surface area contributed by atoms with Crippen LogP contribution < -0.4 is 10.2 Å². The Morgan fingerprint density at radius 2 is 1.85 bits per heavy atom. The lowest BCUT2D eigenvalue weighted by atomic mass is 9.88. The molecule has 0 unspecified atom stereocenters. The van der Waals surface area contributed by atoms with Crippen LogP contribution in [-0.4, -0.2) is 41.1 Å². The molecule has 0 saturated carbocycles. The summed E-state index contributed by atoms with van der Waals surface area (Å²) in [4.78, 5) is 41.2. The van der Waals surface area contributed by atoms with Crippen LogP contribution in [0.3, 0.4) is 0 Å². The Balaban J connectivity index is 1.51. The topological polar surface area (TPSA) is 69.7 Å². The summed E-state index contributed by atoms with van der Waals surface area (Å²) in [7, 11) is 2.06. The van der Waals surface area contributed by atoms with E-state index < -0.39 is 17.1 Å². The van der Waals surface area contributed by atoms with Gasteiger partial charge >= 0.3 is 0 Å². The van der Waals surface area contributed by atoms with Gasteiger partial charge in [0.2, 0.25) is 5.91 Å². The van der Waals surface area contributed by atoms with Crippen LogP contribution in [0.15, 0.2) is 57.9 Å². The van der Waals surface area contributed by atoms with Gasteiger partial charge in [0.15, 0.2) is 0 Å². The second-order valence-corrected chi connectivity index (χ2v) is 10.5. The molecule has 0 bridgehead atoms. The van der Waals surface area contributed by atoms with Gasteiger partial charge in [-0.15, -0.1) is 0 Å². The van der Waals surface area contributed by atoms with E-state index in [2.05, 4.69) is 60.0 Å². The summed E-state index contributed by atoms with van der Waals surface area (Å²) in [5.74, 6) is -0.889. The molecule has 33 heavy (non-hydrogen) atoms. The first-order chi connectivity index (χ1) is 15.5. The van der Waals surface area contributed by atoms with Crippen molar-refractivity contribution >= 4 is 67.8 Å². The number of carbonyl (C=O) groups excluding carboxylic acids is 3. The first-order valence-electron chi connectivity index (χ1n) is 10.4. The third-order valence-electron chi connectivity index (χ3n) is 5.84. The Morgan fingerprint density at radius 1 is 1.15 bits per heavy atom. The van der Waals surface area contributed by atoms with Crippen molar-refractivity contribution in [2.24, 2.45) is 0 Å². The molecule has 2 aromatic carbocycles. The molecule has 3 amide bonds. The molecule has 0 spiro atoms. The van der Waals surface area contributed by atoms with Crippen molar-refractivity contribution in [3.05, 3.63) is 69.0 Å². The molecule has 0 aromatic heterocycles. The van der Waals surface area contributed by atoms with Gasteiger partial charge in [0.05, 0.1) is 10.4 Å². The number of benzene rings is 2. The number of halogens is 1. The van der Waals surface area contributed by atoms with Gasteiger partial charge in [-0.25, -0.2) is 0 Å². The molecule has 2 aromatic rings. The van der Waals surface area contributed by atoms with E-state index in [0.717, 1.165) is 37.9 Å². The number of fused-ring (bicyclic) bond motifs is 1. The number of rotatable bonds is 4. The van der Waals surface area contributed by atoms with Crippen LogP contribution >= 0.6 is 27.7 Å². The van der Waals surface area contributed by atoms with Gasteiger partial charge < -0.3 is 10.2 Å². The van der Waals surface area contributed by atoms with Crippen molar-refractivity contribution in [2.45, 2.75) is 26.3 Å². The number of thioether (sulfide) groups is 1. The summed E-state index contributed by atoms with van der Waals surface area (Å²) < 4.78 is 0.889. The number of hydrogen-bond acceptors (Lipinski definition) is 5. The smallest absolute Gasteiger partial charge is 0.294 e. The van der Waals surface area contributed by atoms with Crippen LogP contribution in [0.5, 0.6) is 0 Å². The highest BCUT2D eigenvalue weighted by Gasteiger charge is 2.36. The number of carbonyl (C=O) groups is 3. The number of imide groups is 1. The first kappa shape index (κ1) is 23.3. The third-order valence-corrected chi connectivity index (χ3v) is 7.28. The molecule has 0 atom stereocenters. The summed E-state index contributed by atoms with van der Waals surface area (Å²) >= 11 is 4.19. The zero-order valence-electron chi connectivity index (χ0n) is 18.8. The quantitative estimate of drug-likeness (QED) is 0.514. The van der Waals surface area contributed by atoms with E-state index in [1.54, 1.807) is 30.3 Å². The highest BCUT2D eigenvalue weighted by Crippen LogP contribution is 2.39. The maximum Gasteiger partial charge on any atom is 0.294 e. The van der Waals surface area contributed by atoms with Crippen LogP contribution in [-0.2, 0) is 9.59 Å². The van der Waals surface area contributed by atoms with Gasteiger partial charge in [-0.2, -0.15) is 0 Å². The fourth-order valence-corrected chi connectivity index (χ4v) is 5.03. The van der Waals surface area contributed by atoms with E-state index in [1.165, 1.54) is 5.57 Å². The van der Waals surface area contributed by atoms with Crippen molar-refractivity contribution in [3.8, 4) is 0 Å². The summed E-state index contributed by atoms with van der Waals surface area (Å²) in [5.41, 5.74) is 4.73. The Bertz CT molecular complexity index is 1220. The maximum atomic E-state index is 12.9. The molecule has 8 heteroatoms. The third kappa shape index (κ3) is 4.77. The summed E-state index contributed by atoms with van der Waals surface area (Å²) in [6, 6.07) is 13.1. The average Bonchev–Trinajstić information content (AvgIpc) is 3.01. The van der Waals surface area contributed by atoms with E-state index in [-0.39, 0.29) is 12.1 Å². The van der Waals surface area contributed by atoms with Crippen molar-refractivity contribution in [1.29, 1.82) is 0 Å². The van der Waals surface area contributed by atoms with Crippen molar-refractivity contribution in [3.63, 3.8) is 0 Å². The normalized spacial score (nSPS) is 18.5. The van der Waals surface area contributed by atoms with Gasteiger partial charge in [0.1, 0.15) is 6.54 Å². The van der Waals surface area contributed by atoms with E-state index >= 15 is 0 Å².